The van der Waals surface area contributed by atoms with Gasteiger partial charge in [-0.1, -0.05) is 20.3 Å². The molecule has 3 heteroatoms. The molecule has 0 radical (unpaired) electrons. The zero-order valence-corrected chi connectivity index (χ0v) is 10.3. The lowest BCUT2D eigenvalue weighted by molar-refractivity contribution is 0.391. The van der Waals surface area contributed by atoms with Crippen LogP contribution in [0.3, 0.4) is 0 Å². The Kier molecular flexibility index (Phi) is 4.82. The molecule has 0 aliphatic heterocycles. The molecule has 15 heavy (non-hydrogen) atoms. The summed E-state index contributed by atoms with van der Waals surface area (Å²) in [4.78, 5) is 4.30. The average molecular weight is 209 g/mol. The van der Waals surface area contributed by atoms with Gasteiger partial charge in [-0.2, -0.15) is 0 Å². The van der Waals surface area contributed by atoms with E-state index < -0.39 is 0 Å². The van der Waals surface area contributed by atoms with Gasteiger partial charge in [0.15, 0.2) is 0 Å². The smallest absolute Gasteiger partial charge is 0.109 e. The molecule has 2 atom stereocenters. The molecule has 0 aliphatic carbocycles. The second kappa shape index (κ2) is 5.91. The maximum absolute atomic E-state index is 4.30. The van der Waals surface area contributed by atoms with Crippen LogP contribution in [-0.2, 0) is 13.5 Å². The molecular weight excluding hydrogens is 186 g/mol. The minimum atomic E-state index is 0.593. The molecule has 1 aromatic rings. The van der Waals surface area contributed by atoms with Gasteiger partial charge in [-0.05, 0) is 12.8 Å². The fraction of sp³-hybridized carbons (Fsp3) is 0.750. The summed E-state index contributed by atoms with van der Waals surface area (Å²) in [5.41, 5.74) is 0. The van der Waals surface area contributed by atoms with E-state index in [0.717, 1.165) is 24.7 Å². The maximum atomic E-state index is 4.30. The standard InChI is InChI=1S/C12H23N3/c1-5-10(2)11(3)13-7-6-12-14-8-9-15(12)4/h8-11,13H,5-7H2,1-4H3. The number of aromatic nitrogens is 2. The first-order valence-electron chi connectivity index (χ1n) is 5.84. The molecule has 0 amide bonds. The number of nitrogens with one attached hydrogen (secondary N) is 1. The van der Waals surface area contributed by atoms with Gasteiger partial charge in [-0.25, -0.2) is 4.98 Å². The van der Waals surface area contributed by atoms with Crippen LogP contribution in [0, 0.1) is 5.92 Å². The summed E-state index contributed by atoms with van der Waals surface area (Å²) in [6, 6.07) is 0.593. The lowest BCUT2D eigenvalue weighted by Crippen LogP contribution is -2.33. The van der Waals surface area contributed by atoms with Crippen molar-refractivity contribution in [1.29, 1.82) is 0 Å². The van der Waals surface area contributed by atoms with Gasteiger partial charge >= 0.3 is 0 Å². The molecular formula is C12H23N3. The van der Waals surface area contributed by atoms with E-state index in [4.69, 9.17) is 0 Å². The van der Waals surface area contributed by atoms with Crippen LogP contribution in [0.15, 0.2) is 12.4 Å². The van der Waals surface area contributed by atoms with E-state index in [0.29, 0.717) is 6.04 Å². The van der Waals surface area contributed by atoms with Crippen LogP contribution in [0.5, 0.6) is 0 Å². The van der Waals surface area contributed by atoms with Crippen LogP contribution in [0.25, 0.3) is 0 Å². The molecule has 0 saturated carbocycles. The molecule has 0 aromatic carbocycles. The Morgan fingerprint density at radius 1 is 1.47 bits per heavy atom. The summed E-state index contributed by atoms with van der Waals surface area (Å²) < 4.78 is 2.08. The second-order valence-corrected chi connectivity index (χ2v) is 4.33. The Hall–Kier alpha value is -0.830. The van der Waals surface area contributed by atoms with Crippen LogP contribution in [0.2, 0.25) is 0 Å². The monoisotopic (exact) mass is 209 g/mol. The van der Waals surface area contributed by atoms with E-state index >= 15 is 0 Å². The molecule has 0 saturated heterocycles. The van der Waals surface area contributed by atoms with Crippen molar-refractivity contribution < 1.29 is 0 Å². The molecule has 0 spiro atoms. The fourth-order valence-electron chi connectivity index (χ4n) is 1.60. The van der Waals surface area contributed by atoms with E-state index in [1.165, 1.54) is 6.42 Å². The predicted molar refractivity (Wildman–Crippen MR) is 63.8 cm³/mol. The number of rotatable bonds is 6. The van der Waals surface area contributed by atoms with Gasteiger partial charge in [0.25, 0.3) is 0 Å². The van der Waals surface area contributed by atoms with E-state index in [2.05, 4.69) is 35.6 Å². The predicted octanol–water partition coefficient (Wildman–Crippen LogP) is 1.99. The van der Waals surface area contributed by atoms with E-state index in [9.17, 15) is 0 Å². The van der Waals surface area contributed by atoms with E-state index in [1.807, 2.05) is 19.4 Å². The van der Waals surface area contributed by atoms with Gasteiger partial charge in [0, 0.05) is 38.4 Å². The van der Waals surface area contributed by atoms with Gasteiger partial charge in [0.2, 0.25) is 0 Å². The average Bonchev–Trinajstić information content (AvgIpc) is 2.63. The number of hydrogen-bond acceptors (Lipinski definition) is 2. The third-order valence-corrected chi connectivity index (χ3v) is 3.23. The van der Waals surface area contributed by atoms with Crippen LogP contribution < -0.4 is 5.32 Å². The van der Waals surface area contributed by atoms with Crippen LogP contribution in [0.4, 0.5) is 0 Å². The summed E-state index contributed by atoms with van der Waals surface area (Å²) >= 11 is 0. The van der Waals surface area contributed by atoms with E-state index in [-0.39, 0.29) is 0 Å². The summed E-state index contributed by atoms with van der Waals surface area (Å²) in [6.07, 6.45) is 6.09. The first-order chi connectivity index (χ1) is 7.15. The maximum Gasteiger partial charge on any atom is 0.109 e. The highest BCUT2D eigenvalue weighted by atomic mass is 15.0. The third kappa shape index (κ3) is 3.67. The van der Waals surface area contributed by atoms with Crippen LogP contribution >= 0.6 is 0 Å². The molecule has 0 aliphatic rings. The highest BCUT2D eigenvalue weighted by Crippen LogP contribution is 2.06. The van der Waals surface area contributed by atoms with Crippen molar-refractivity contribution in [3.63, 3.8) is 0 Å². The number of imidazole rings is 1. The molecule has 1 heterocycles. The quantitative estimate of drug-likeness (QED) is 0.776. The molecule has 3 nitrogen and oxygen atoms in total. The highest BCUT2D eigenvalue weighted by molar-refractivity contribution is 4.91. The Bertz CT molecular complexity index is 280. The van der Waals surface area contributed by atoms with Crippen molar-refractivity contribution in [2.45, 2.75) is 39.7 Å². The zero-order chi connectivity index (χ0) is 11.3. The SMILES string of the molecule is CCC(C)C(C)NCCc1nccn1C. The molecule has 0 bridgehead atoms. The molecule has 1 aromatic heterocycles. The van der Waals surface area contributed by atoms with Crippen molar-refractivity contribution in [3.05, 3.63) is 18.2 Å². The minimum absolute atomic E-state index is 0.593. The summed E-state index contributed by atoms with van der Waals surface area (Å²) in [5.74, 6) is 1.89. The first kappa shape index (κ1) is 12.2. The summed E-state index contributed by atoms with van der Waals surface area (Å²) in [6.45, 7) is 7.79. The molecule has 2 unspecified atom stereocenters. The minimum Gasteiger partial charge on any atom is -0.338 e. The van der Waals surface area contributed by atoms with Crippen molar-refractivity contribution in [1.82, 2.24) is 14.9 Å². The third-order valence-electron chi connectivity index (χ3n) is 3.23. The molecule has 1 N–H and O–H groups in total. The highest BCUT2D eigenvalue weighted by Gasteiger charge is 2.09. The van der Waals surface area contributed by atoms with E-state index in [1.54, 1.807) is 0 Å². The Morgan fingerprint density at radius 2 is 2.20 bits per heavy atom. The fourth-order valence-corrected chi connectivity index (χ4v) is 1.60. The van der Waals surface area contributed by atoms with Crippen LogP contribution in [-0.4, -0.2) is 22.1 Å². The summed E-state index contributed by atoms with van der Waals surface area (Å²) in [5, 5.41) is 3.55. The lowest BCUT2D eigenvalue weighted by atomic mass is 10.0. The van der Waals surface area contributed by atoms with Gasteiger partial charge in [-0.3, -0.25) is 0 Å². The van der Waals surface area contributed by atoms with Crippen molar-refractivity contribution >= 4 is 0 Å². The van der Waals surface area contributed by atoms with Gasteiger partial charge < -0.3 is 9.88 Å². The molecule has 86 valence electrons. The second-order valence-electron chi connectivity index (χ2n) is 4.33. The van der Waals surface area contributed by atoms with Gasteiger partial charge in [0.1, 0.15) is 5.82 Å². The van der Waals surface area contributed by atoms with Crippen molar-refractivity contribution in [2.24, 2.45) is 13.0 Å². The summed E-state index contributed by atoms with van der Waals surface area (Å²) in [7, 11) is 2.04. The Balaban J connectivity index is 2.25. The van der Waals surface area contributed by atoms with Gasteiger partial charge in [0.05, 0.1) is 0 Å². The van der Waals surface area contributed by atoms with Crippen LogP contribution in [0.1, 0.15) is 33.0 Å². The number of nitrogens with zero attached hydrogens (tertiary/aromatic N) is 2. The first-order valence-corrected chi connectivity index (χ1v) is 5.84. The zero-order valence-electron chi connectivity index (χ0n) is 10.3. The van der Waals surface area contributed by atoms with Crippen molar-refractivity contribution in [2.75, 3.05) is 6.54 Å². The molecule has 1 rings (SSSR count). The number of hydrogen-bond donors (Lipinski definition) is 1. The lowest BCUT2D eigenvalue weighted by Gasteiger charge is -2.19. The van der Waals surface area contributed by atoms with Crippen molar-refractivity contribution in [3.8, 4) is 0 Å². The topological polar surface area (TPSA) is 29.9 Å². The normalized spacial score (nSPS) is 15.2. The largest absolute Gasteiger partial charge is 0.338 e. The van der Waals surface area contributed by atoms with Gasteiger partial charge in [-0.15, -0.1) is 0 Å². The molecule has 0 fully saturated rings. The number of aryl methyl sites for hydroxylation is 1. The Labute approximate surface area is 92.9 Å². The Morgan fingerprint density at radius 3 is 2.73 bits per heavy atom.